The van der Waals surface area contributed by atoms with E-state index in [1.807, 2.05) is 13.8 Å². The third-order valence-corrected chi connectivity index (χ3v) is 6.45. The minimum Gasteiger partial charge on any atom is -0.484 e. The molecule has 1 heterocycles. The Kier molecular flexibility index (Phi) is 14.6. The Morgan fingerprint density at radius 2 is 1.78 bits per heavy atom. The van der Waals surface area contributed by atoms with E-state index in [0.29, 0.717) is 43.3 Å². The van der Waals surface area contributed by atoms with Gasteiger partial charge >= 0.3 is 0 Å². The molecule has 1 aliphatic carbocycles. The lowest BCUT2D eigenvalue weighted by Gasteiger charge is -2.37. The van der Waals surface area contributed by atoms with Crippen molar-refractivity contribution >= 4 is 11.6 Å². The van der Waals surface area contributed by atoms with Crippen molar-refractivity contribution in [3.8, 4) is 11.6 Å². The molecular weight excluding hydrogens is 460 g/mol. The van der Waals surface area contributed by atoms with Crippen molar-refractivity contribution in [3.63, 3.8) is 0 Å². The minimum atomic E-state index is 0.00523. The summed E-state index contributed by atoms with van der Waals surface area (Å²) in [4.78, 5) is 27.9. The third kappa shape index (κ3) is 12.3. The van der Waals surface area contributed by atoms with Gasteiger partial charge < -0.3 is 24.3 Å². The first kappa shape index (κ1) is 30.2. The predicted molar refractivity (Wildman–Crippen MR) is 140 cm³/mol. The van der Waals surface area contributed by atoms with Crippen LogP contribution in [0.15, 0.2) is 18.3 Å². The third-order valence-electron chi connectivity index (χ3n) is 6.45. The summed E-state index contributed by atoms with van der Waals surface area (Å²) in [6.07, 6.45) is 8.92. The number of carbonyl (C=O) groups is 2. The van der Waals surface area contributed by atoms with E-state index in [2.05, 4.69) is 24.1 Å². The molecule has 0 bridgehead atoms. The normalized spacial score (nSPS) is 18.8. The fraction of sp³-hybridized carbons (Fsp3) is 0.750. The van der Waals surface area contributed by atoms with Gasteiger partial charge in [0.05, 0.1) is 6.20 Å². The molecule has 2 rings (SSSR count). The second-order valence-electron chi connectivity index (χ2n) is 9.81. The highest BCUT2D eigenvalue weighted by Gasteiger charge is 2.32. The zero-order chi connectivity index (χ0) is 26.2. The zero-order valence-electron chi connectivity index (χ0n) is 22.6. The summed E-state index contributed by atoms with van der Waals surface area (Å²) in [6.45, 7) is 10.5. The van der Waals surface area contributed by atoms with Crippen molar-refractivity contribution in [1.29, 1.82) is 0 Å². The molecule has 0 aliphatic heterocycles. The Morgan fingerprint density at radius 1 is 1.03 bits per heavy atom. The number of nitrogens with one attached hydrogen (secondary N) is 1. The van der Waals surface area contributed by atoms with Crippen LogP contribution >= 0.6 is 0 Å². The number of aromatic nitrogens is 1. The lowest BCUT2D eigenvalue weighted by Crippen LogP contribution is -2.49. The van der Waals surface area contributed by atoms with Crippen LogP contribution in [0.5, 0.6) is 11.6 Å². The quantitative estimate of drug-likeness (QED) is 0.243. The van der Waals surface area contributed by atoms with E-state index in [9.17, 15) is 9.59 Å². The van der Waals surface area contributed by atoms with Crippen LogP contribution in [-0.2, 0) is 19.1 Å². The van der Waals surface area contributed by atoms with Gasteiger partial charge in [-0.3, -0.25) is 9.59 Å². The lowest BCUT2D eigenvalue weighted by atomic mass is 9.88. The van der Waals surface area contributed by atoms with Crippen LogP contribution in [0.4, 0.5) is 0 Å². The number of Topliss-reactive ketones (excluding diaryl/α,β-unsaturated/α-hetero) is 2. The molecule has 204 valence electrons. The number of ketones is 2. The molecule has 2 atom stereocenters. The summed E-state index contributed by atoms with van der Waals surface area (Å²) in [7, 11) is 0. The number of unbranched alkanes of at least 4 members (excludes halogenated alkanes) is 1. The summed E-state index contributed by atoms with van der Waals surface area (Å²) in [5, 5.41) is 3.64. The fourth-order valence-electron chi connectivity index (χ4n) is 3.83. The Bertz CT molecular complexity index is 751. The molecule has 1 N–H and O–H groups in total. The van der Waals surface area contributed by atoms with Crippen LogP contribution in [0.1, 0.15) is 79.1 Å². The van der Waals surface area contributed by atoms with Crippen molar-refractivity contribution in [2.24, 2.45) is 5.92 Å². The fourth-order valence-corrected chi connectivity index (χ4v) is 3.83. The summed E-state index contributed by atoms with van der Waals surface area (Å²) in [5.74, 6) is 1.37. The summed E-state index contributed by atoms with van der Waals surface area (Å²) < 4.78 is 22.4. The number of nitrogens with zero attached hydrogens (tertiary/aromatic N) is 1. The highest BCUT2D eigenvalue weighted by atomic mass is 16.5. The van der Waals surface area contributed by atoms with Gasteiger partial charge in [-0.25, -0.2) is 4.98 Å². The average molecular weight is 507 g/mol. The molecule has 1 saturated carbocycles. The molecule has 1 aromatic heterocycles. The highest BCUT2D eigenvalue weighted by molar-refractivity contribution is 5.81. The van der Waals surface area contributed by atoms with Gasteiger partial charge in [-0.2, -0.15) is 0 Å². The van der Waals surface area contributed by atoms with Crippen LogP contribution in [0.25, 0.3) is 0 Å². The number of rotatable bonds is 21. The molecule has 0 amide bonds. The molecule has 1 fully saturated rings. The summed E-state index contributed by atoms with van der Waals surface area (Å²) >= 11 is 0. The maximum Gasteiger partial charge on any atom is 0.213 e. The molecule has 1 aliphatic rings. The van der Waals surface area contributed by atoms with Gasteiger partial charge in [0.1, 0.15) is 25.1 Å². The summed E-state index contributed by atoms with van der Waals surface area (Å²) in [5.41, 5.74) is 0. The van der Waals surface area contributed by atoms with E-state index in [1.54, 1.807) is 18.3 Å². The van der Waals surface area contributed by atoms with Crippen molar-refractivity contribution in [3.05, 3.63) is 18.3 Å². The van der Waals surface area contributed by atoms with Crippen molar-refractivity contribution in [1.82, 2.24) is 10.3 Å². The molecule has 0 aromatic carbocycles. The SMILES string of the molecule is CCCCOCCCOCC(=O)C(C)CCC(C)NC1CC(Oc2ccc(OCC(=O)CC)cn2)C1. The van der Waals surface area contributed by atoms with Crippen molar-refractivity contribution < 1.29 is 28.5 Å². The van der Waals surface area contributed by atoms with Gasteiger partial charge in [0.15, 0.2) is 11.6 Å². The highest BCUT2D eigenvalue weighted by Crippen LogP contribution is 2.26. The monoisotopic (exact) mass is 506 g/mol. The van der Waals surface area contributed by atoms with Crippen LogP contribution in [0, 0.1) is 5.92 Å². The molecule has 0 radical (unpaired) electrons. The van der Waals surface area contributed by atoms with E-state index >= 15 is 0 Å². The number of carbonyl (C=O) groups excluding carboxylic acids is 2. The maximum atomic E-state index is 12.3. The second-order valence-corrected chi connectivity index (χ2v) is 9.81. The van der Waals surface area contributed by atoms with E-state index in [4.69, 9.17) is 18.9 Å². The molecule has 8 nitrogen and oxygen atoms in total. The van der Waals surface area contributed by atoms with Crippen LogP contribution in [0.2, 0.25) is 0 Å². The number of hydrogen-bond donors (Lipinski definition) is 1. The smallest absolute Gasteiger partial charge is 0.213 e. The van der Waals surface area contributed by atoms with Crippen LogP contribution in [-0.4, -0.2) is 67.8 Å². The van der Waals surface area contributed by atoms with Gasteiger partial charge in [0, 0.05) is 50.3 Å². The predicted octanol–water partition coefficient (Wildman–Crippen LogP) is 4.54. The first-order chi connectivity index (χ1) is 17.4. The van der Waals surface area contributed by atoms with Crippen molar-refractivity contribution in [2.75, 3.05) is 33.0 Å². The van der Waals surface area contributed by atoms with Crippen LogP contribution in [0.3, 0.4) is 0 Å². The number of ether oxygens (including phenoxy) is 4. The molecule has 8 heteroatoms. The van der Waals surface area contributed by atoms with Gasteiger partial charge in [-0.05, 0) is 51.5 Å². The van der Waals surface area contributed by atoms with Crippen LogP contribution < -0.4 is 14.8 Å². The Morgan fingerprint density at radius 3 is 2.47 bits per heavy atom. The lowest BCUT2D eigenvalue weighted by molar-refractivity contribution is -0.127. The van der Waals surface area contributed by atoms with E-state index in [1.165, 1.54) is 0 Å². The second kappa shape index (κ2) is 17.4. The molecular formula is C28H46N2O6. The number of hydrogen-bond acceptors (Lipinski definition) is 8. The van der Waals surface area contributed by atoms with E-state index in [0.717, 1.165) is 51.6 Å². The van der Waals surface area contributed by atoms with Gasteiger partial charge in [-0.1, -0.05) is 27.2 Å². The van der Waals surface area contributed by atoms with E-state index in [-0.39, 0.29) is 36.8 Å². The number of pyridine rings is 1. The molecule has 0 saturated heterocycles. The Labute approximate surface area is 216 Å². The average Bonchev–Trinajstić information content (AvgIpc) is 2.86. The Hall–Kier alpha value is -2.03. The molecule has 36 heavy (non-hydrogen) atoms. The molecule has 1 aromatic rings. The molecule has 0 spiro atoms. The largest absolute Gasteiger partial charge is 0.484 e. The summed E-state index contributed by atoms with van der Waals surface area (Å²) in [6, 6.07) is 4.31. The van der Waals surface area contributed by atoms with Crippen molar-refractivity contribution in [2.45, 2.75) is 97.2 Å². The van der Waals surface area contributed by atoms with Gasteiger partial charge in [-0.15, -0.1) is 0 Å². The molecule has 2 unspecified atom stereocenters. The van der Waals surface area contributed by atoms with Gasteiger partial charge in [0.2, 0.25) is 5.88 Å². The zero-order valence-corrected chi connectivity index (χ0v) is 22.6. The Balaban J connectivity index is 1.51. The van der Waals surface area contributed by atoms with Gasteiger partial charge in [0.25, 0.3) is 0 Å². The first-order valence-corrected chi connectivity index (χ1v) is 13.6. The maximum absolute atomic E-state index is 12.3. The standard InChI is InChI=1S/C28H46N2O6/c1-5-7-13-33-14-8-15-34-20-27(32)21(3)9-10-22(4)30-23-16-26(17-23)36-28-12-11-25(18-29-28)35-19-24(31)6-2/h11-12,18,21-23,26,30H,5-10,13-17,19-20H2,1-4H3. The topological polar surface area (TPSA) is 96.0 Å². The first-order valence-electron chi connectivity index (χ1n) is 13.6. The minimum absolute atomic E-state index is 0.00523. The van der Waals surface area contributed by atoms with E-state index < -0.39 is 0 Å².